The summed E-state index contributed by atoms with van der Waals surface area (Å²) in [6.07, 6.45) is 1.27. The van der Waals surface area contributed by atoms with E-state index < -0.39 is 0 Å². The van der Waals surface area contributed by atoms with Gasteiger partial charge in [0.15, 0.2) is 0 Å². The molecular weight excluding hydrogens is 230 g/mol. The Kier molecular flexibility index (Phi) is 4.29. The molecule has 6 heteroatoms. The molecular formula is C10H16ClN3O2. The molecule has 1 aromatic heterocycles. The zero-order valence-electron chi connectivity index (χ0n) is 9.73. The summed E-state index contributed by atoms with van der Waals surface area (Å²) in [5.74, 6) is 0. The highest BCUT2D eigenvalue weighted by Gasteiger charge is 2.25. The summed E-state index contributed by atoms with van der Waals surface area (Å²) in [7, 11) is 0. The summed E-state index contributed by atoms with van der Waals surface area (Å²) < 4.78 is 1.67. The van der Waals surface area contributed by atoms with Crippen LogP contribution in [0.2, 0.25) is 0 Å². The molecule has 0 aliphatic heterocycles. The van der Waals surface area contributed by atoms with Crippen molar-refractivity contribution in [1.29, 1.82) is 0 Å². The van der Waals surface area contributed by atoms with Crippen LogP contribution in [-0.2, 0) is 13.0 Å². The molecule has 0 fully saturated rings. The van der Waals surface area contributed by atoms with Gasteiger partial charge < -0.3 is 0 Å². The molecule has 0 aromatic carbocycles. The molecule has 0 aliphatic rings. The molecule has 0 saturated carbocycles. The summed E-state index contributed by atoms with van der Waals surface area (Å²) in [6.45, 7) is 6.15. The molecule has 0 bridgehead atoms. The maximum Gasteiger partial charge on any atom is 0.313 e. The van der Waals surface area contributed by atoms with Crippen molar-refractivity contribution < 1.29 is 4.92 Å². The van der Waals surface area contributed by atoms with Crippen molar-refractivity contribution in [2.24, 2.45) is 0 Å². The zero-order valence-corrected chi connectivity index (χ0v) is 10.5. The summed E-state index contributed by atoms with van der Waals surface area (Å²) in [5.41, 5.74) is 1.20. The number of nitro groups is 1. The Morgan fingerprint density at radius 2 is 2.19 bits per heavy atom. The van der Waals surface area contributed by atoms with Crippen LogP contribution in [0.25, 0.3) is 0 Å². The highest BCUT2D eigenvalue weighted by molar-refractivity contribution is 6.20. The highest BCUT2D eigenvalue weighted by atomic mass is 35.5. The Balaban J connectivity index is 3.16. The van der Waals surface area contributed by atoms with E-state index in [2.05, 4.69) is 5.10 Å². The maximum atomic E-state index is 11.0. The second kappa shape index (κ2) is 5.30. The van der Waals surface area contributed by atoms with Crippen molar-refractivity contribution in [2.75, 3.05) is 0 Å². The third-order valence-corrected chi connectivity index (χ3v) is 3.00. The summed E-state index contributed by atoms with van der Waals surface area (Å²) in [4.78, 5) is 10.6. The van der Waals surface area contributed by atoms with Crippen LogP contribution in [0.4, 0.5) is 5.69 Å². The SMILES string of the molecule is CCC(Cl)Cc1c([N+](=O)[O-])c(C)nn1CC. The van der Waals surface area contributed by atoms with Crippen LogP contribution in [0.3, 0.4) is 0 Å². The van der Waals surface area contributed by atoms with Gasteiger partial charge in [-0.15, -0.1) is 11.6 Å². The van der Waals surface area contributed by atoms with Crippen molar-refractivity contribution in [3.05, 3.63) is 21.5 Å². The molecule has 1 aromatic rings. The standard InChI is InChI=1S/C10H16ClN3O2/c1-4-8(11)6-9-10(14(15)16)7(3)12-13(9)5-2/h8H,4-6H2,1-3H3. The number of hydrogen-bond acceptors (Lipinski definition) is 3. The quantitative estimate of drug-likeness (QED) is 0.455. The van der Waals surface area contributed by atoms with Crippen molar-refractivity contribution in [2.45, 2.75) is 45.5 Å². The number of alkyl halides is 1. The molecule has 0 amide bonds. The number of rotatable bonds is 5. The van der Waals surface area contributed by atoms with E-state index in [1.54, 1.807) is 11.6 Å². The number of hydrogen-bond donors (Lipinski definition) is 0. The molecule has 5 nitrogen and oxygen atoms in total. The Morgan fingerprint density at radius 1 is 1.56 bits per heavy atom. The Morgan fingerprint density at radius 3 is 2.62 bits per heavy atom. The fourth-order valence-electron chi connectivity index (χ4n) is 1.68. The normalized spacial score (nSPS) is 12.8. The van der Waals surface area contributed by atoms with E-state index in [1.807, 2.05) is 13.8 Å². The minimum Gasteiger partial charge on any atom is -0.262 e. The van der Waals surface area contributed by atoms with Gasteiger partial charge in [0, 0.05) is 18.3 Å². The lowest BCUT2D eigenvalue weighted by molar-refractivity contribution is -0.386. The minimum atomic E-state index is -0.372. The largest absolute Gasteiger partial charge is 0.313 e. The second-order valence-electron chi connectivity index (χ2n) is 3.66. The lowest BCUT2D eigenvalue weighted by Gasteiger charge is -2.07. The van der Waals surface area contributed by atoms with E-state index in [9.17, 15) is 10.1 Å². The molecule has 1 unspecified atom stereocenters. The van der Waals surface area contributed by atoms with Crippen LogP contribution in [0, 0.1) is 17.0 Å². The first kappa shape index (κ1) is 13.0. The van der Waals surface area contributed by atoms with Gasteiger partial charge in [0.1, 0.15) is 11.4 Å². The molecule has 0 N–H and O–H groups in total. The van der Waals surface area contributed by atoms with Crippen LogP contribution < -0.4 is 0 Å². The Bertz CT molecular complexity index is 390. The van der Waals surface area contributed by atoms with Gasteiger partial charge >= 0.3 is 5.69 Å². The first-order chi connectivity index (χ1) is 7.51. The van der Waals surface area contributed by atoms with Crippen LogP contribution in [0.5, 0.6) is 0 Å². The third-order valence-electron chi connectivity index (χ3n) is 2.54. The molecule has 1 rings (SSSR count). The number of halogens is 1. The van der Waals surface area contributed by atoms with Gasteiger partial charge in [-0.25, -0.2) is 0 Å². The van der Waals surface area contributed by atoms with Crippen molar-refractivity contribution in [1.82, 2.24) is 9.78 Å². The van der Waals surface area contributed by atoms with E-state index in [-0.39, 0.29) is 16.0 Å². The Labute approximate surface area is 99.5 Å². The van der Waals surface area contributed by atoms with Crippen LogP contribution in [-0.4, -0.2) is 20.1 Å². The highest BCUT2D eigenvalue weighted by Crippen LogP contribution is 2.25. The van der Waals surface area contributed by atoms with Crippen LogP contribution in [0.1, 0.15) is 31.7 Å². The van der Waals surface area contributed by atoms with E-state index >= 15 is 0 Å². The molecule has 0 aliphatic carbocycles. The van der Waals surface area contributed by atoms with Gasteiger partial charge in [0.25, 0.3) is 0 Å². The second-order valence-corrected chi connectivity index (χ2v) is 4.28. The average molecular weight is 246 g/mol. The molecule has 0 radical (unpaired) electrons. The minimum absolute atomic E-state index is 0.0832. The number of aromatic nitrogens is 2. The molecule has 90 valence electrons. The molecule has 1 atom stereocenters. The molecule has 0 spiro atoms. The van der Waals surface area contributed by atoms with E-state index in [1.165, 1.54) is 0 Å². The first-order valence-corrected chi connectivity index (χ1v) is 5.79. The fraction of sp³-hybridized carbons (Fsp3) is 0.700. The monoisotopic (exact) mass is 245 g/mol. The molecule has 1 heterocycles. The van der Waals surface area contributed by atoms with Gasteiger partial charge in [-0.3, -0.25) is 14.8 Å². The van der Waals surface area contributed by atoms with E-state index in [0.717, 1.165) is 6.42 Å². The predicted octanol–water partition coefficient (Wildman–Crippen LogP) is 2.68. The van der Waals surface area contributed by atoms with E-state index in [4.69, 9.17) is 11.6 Å². The van der Waals surface area contributed by atoms with E-state index in [0.29, 0.717) is 24.4 Å². The fourth-order valence-corrected chi connectivity index (χ4v) is 1.82. The smallest absolute Gasteiger partial charge is 0.262 e. The Hall–Kier alpha value is -1.10. The first-order valence-electron chi connectivity index (χ1n) is 5.35. The summed E-state index contributed by atoms with van der Waals surface area (Å²) in [5, 5.41) is 15.0. The summed E-state index contributed by atoms with van der Waals surface area (Å²) >= 11 is 6.05. The lowest BCUT2D eigenvalue weighted by Crippen LogP contribution is -2.10. The molecule has 0 saturated heterocycles. The van der Waals surface area contributed by atoms with Crippen molar-refractivity contribution >= 4 is 17.3 Å². The van der Waals surface area contributed by atoms with Gasteiger partial charge in [0.2, 0.25) is 0 Å². The lowest BCUT2D eigenvalue weighted by atomic mass is 10.1. The van der Waals surface area contributed by atoms with Crippen molar-refractivity contribution in [3.8, 4) is 0 Å². The maximum absolute atomic E-state index is 11.0. The van der Waals surface area contributed by atoms with Crippen LogP contribution in [0.15, 0.2) is 0 Å². The third kappa shape index (κ3) is 2.52. The zero-order chi connectivity index (χ0) is 12.3. The van der Waals surface area contributed by atoms with Gasteiger partial charge in [-0.2, -0.15) is 5.10 Å². The predicted molar refractivity (Wildman–Crippen MR) is 62.9 cm³/mol. The number of nitrogens with zero attached hydrogens (tertiary/aromatic N) is 3. The molecule has 16 heavy (non-hydrogen) atoms. The van der Waals surface area contributed by atoms with Gasteiger partial charge in [0.05, 0.1) is 4.92 Å². The summed E-state index contributed by atoms with van der Waals surface area (Å²) in [6, 6.07) is 0. The number of aryl methyl sites for hydroxylation is 2. The van der Waals surface area contributed by atoms with Crippen molar-refractivity contribution in [3.63, 3.8) is 0 Å². The topological polar surface area (TPSA) is 61.0 Å². The van der Waals surface area contributed by atoms with Gasteiger partial charge in [-0.1, -0.05) is 6.92 Å². The van der Waals surface area contributed by atoms with Crippen LogP contribution >= 0.6 is 11.6 Å². The average Bonchev–Trinajstić information content (AvgIpc) is 2.54. The van der Waals surface area contributed by atoms with Gasteiger partial charge in [-0.05, 0) is 20.3 Å².